The van der Waals surface area contributed by atoms with Gasteiger partial charge in [-0.05, 0) is 62.4 Å². The number of hydrogen-bond acceptors (Lipinski definition) is 4. The minimum atomic E-state index is -0.0514. The molecular weight excluding hydrogens is 370 g/mol. The van der Waals surface area contributed by atoms with Crippen LogP contribution >= 0.6 is 11.8 Å². The van der Waals surface area contributed by atoms with Crippen molar-refractivity contribution in [2.75, 3.05) is 42.1 Å². The van der Waals surface area contributed by atoms with E-state index in [0.29, 0.717) is 30.9 Å². The van der Waals surface area contributed by atoms with Crippen LogP contribution in [-0.2, 0) is 4.79 Å². The monoisotopic (exact) mass is 397 g/mol. The van der Waals surface area contributed by atoms with Crippen LogP contribution in [0.5, 0.6) is 0 Å². The number of carbonyl (C=O) groups excluding carboxylic acids is 2. The number of hydrogen-bond donors (Lipinski definition) is 1. The Morgan fingerprint density at radius 1 is 1.07 bits per heavy atom. The van der Waals surface area contributed by atoms with Crippen LogP contribution in [0.4, 0.5) is 11.4 Å². The molecule has 0 fully saturated rings. The van der Waals surface area contributed by atoms with Crippen LogP contribution in [0.1, 0.15) is 30.6 Å². The number of amides is 2. The number of nitrogens with zero attached hydrogens (tertiary/aromatic N) is 2. The minimum absolute atomic E-state index is 0.0153. The van der Waals surface area contributed by atoms with Crippen LogP contribution in [0.2, 0.25) is 0 Å². The first-order valence-corrected chi connectivity index (χ1v) is 10.8. The van der Waals surface area contributed by atoms with Crippen molar-refractivity contribution in [1.82, 2.24) is 4.90 Å². The van der Waals surface area contributed by atoms with E-state index in [0.717, 1.165) is 24.4 Å². The van der Waals surface area contributed by atoms with Crippen molar-refractivity contribution >= 4 is 35.0 Å². The summed E-state index contributed by atoms with van der Waals surface area (Å²) in [7, 11) is 0. The van der Waals surface area contributed by atoms with Gasteiger partial charge < -0.3 is 15.1 Å². The van der Waals surface area contributed by atoms with E-state index in [9.17, 15) is 9.59 Å². The lowest BCUT2D eigenvalue weighted by Crippen LogP contribution is -2.34. The van der Waals surface area contributed by atoms with Gasteiger partial charge in [-0.3, -0.25) is 9.59 Å². The van der Waals surface area contributed by atoms with Gasteiger partial charge in [-0.2, -0.15) is 0 Å². The van der Waals surface area contributed by atoms with E-state index in [-0.39, 0.29) is 11.8 Å². The fourth-order valence-electron chi connectivity index (χ4n) is 3.33. The lowest BCUT2D eigenvalue weighted by molar-refractivity contribution is -0.115. The van der Waals surface area contributed by atoms with Gasteiger partial charge in [-0.25, -0.2) is 0 Å². The first-order chi connectivity index (χ1) is 13.6. The van der Waals surface area contributed by atoms with Gasteiger partial charge in [0.05, 0.1) is 12.2 Å². The van der Waals surface area contributed by atoms with E-state index >= 15 is 0 Å². The average molecular weight is 398 g/mol. The molecule has 3 rings (SSSR count). The Bertz CT molecular complexity index is 819. The van der Waals surface area contributed by atoms with Gasteiger partial charge in [0.2, 0.25) is 5.91 Å². The molecule has 6 heteroatoms. The Morgan fingerprint density at radius 3 is 2.50 bits per heavy atom. The van der Waals surface area contributed by atoms with E-state index in [1.54, 1.807) is 29.2 Å². The molecule has 1 heterocycles. The number of carbonyl (C=O) groups is 2. The first kappa shape index (κ1) is 20.3. The molecule has 0 spiro atoms. The topological polar surface area (TPSA) is 52.7 Å². The maximum absolute atomic E-state index is 12.6. The van der Waals surface area contributed by atoms with Crippen molar-refractivity contribution in [1.29, 1.82) is 0 Å². The summed E-state index contributed by atoms with van der Waals surface area (Å²) in [6.45, 7) is 6.49. The number of rotatable bonds is 6. The molecule has 2 aromatic carbocycles. The van der Waals surface area contributed by atoms with E-state index in [1.807, 2.05) is 37.7 Å². The summed E-state index contributed by atoms with van der Waals surface area (Å²) in [6, 6.07) is 15.4. The van der Waals surface area contributed by atoms with Crippen LogP contribution in [0.3, 0.4) is 0 Å². The average Bonchev–Trinajstić information content (AvgIpc) is 2.92. The van der Waals surface area contributed by atoms with E-state index in [2.05, 4.69) is 22.3 Å². The van der Waals surface area contributed by atoms with Crippen molar-refractivity contribution in [2.45, 2.75) is 25.2 Å². The van der Waals surface area contributed by atoms with Gasteiger partial charge in [0.1, 0.15) is 0 Å². The van der Waals surface area contributed by atoms with Crippen LogP contribution < -0.4 is 10.2 Å². The molecule has 2 amide bonds. The Kier molecular flexibility index (Phi) is 6.98. The third-order valence-electron chi connectivity index (χ3n) is 4.84. The number of anilines is 2. The molecule has 1 N–H and O–H groups in total. The van der Waals surface area contributed by atoms with Gasteiger partial charge in [-0.1, -0.05) is 12.1 Å². The summed E-state index contributed by atoms with van der Waals surface area (Å²) >= 11 is 1.85. The van der Waals surface area contributed by atoms with Gasteiger partial charge in [0, 0.05) is 35.8 Å². The fourth-order valence-corrected chi connectivity index (χ4v) is 4.34. The van der Waals surface area contributed by atoms with E-state index in [4.69, 9.17) is 0 Å². The molecule has 0 radical (unpaired) electrons. The molecule has 0 bridgehead atoms. The second-order valence-corrected chi connectivity index (χ2v) is 7.83. The van der Waals surface area contributed by atoms with Gasteiger partial charge >= 0.3 is 0 Å². The highest BCUT2D eigenvalue weighted by atomic mass is 32.2. The third kappa shape index (κ3) is 4.87. The Hall–Kier alpha value is -2.47. The second-order valence-electron chi connectivity index (χ2n) is 6.69. The number of fused-ring (bicyclic) bond motifs is 1. The molecule has 0 atom stereocenters. The molecular formula is C22H27N3O2S. The Morgan fingerprint density at radius 2 is 1.79 bits per heavy atom. The van der Waals surface area contributed by atoms with E-state index in [1.165, 1.54) is 4.90 Å². The number of para-hydroxylation sites is 1. The van der Waals surface area contributed by atoms with Crippen molar-refractivity contribution in [2.24, 2.45) is 0 Å². The lowest BCUT2D eigenvalue weighted by Gasteiger charge is -2.24. The molecule has 28 heavy (non-hydrogen) atoms. The summed E-state index contributed by atoms with van der Waals surface area (Å²) in [4.78, 5) is 30.1. The number of benzene rings is 2. The molecule has 0 aliphatic carbocycles. The van der Waals surface area contributed by atoms with Crippen LogP contribution in [0, 0.1) is 0 Å². The lowest BCUT2D eigenvalue weighted by atomic mass is 10.1. The largest absolute Gasteiger partial charge is 0.361 e. The number of thioether (sulfide) groups is 1. The van der Waals surface area contributed by atoms with Crippen LogP contribution in [0.15, 0.2) is 53.4 Å². The van der Waals surface area contributed by atoms with Crippen molar-refractivity contribution < 1.29 is 9.59 Å². The second kappa shape index (κ2) is 9.64. The zero-order valence-electron chi connectivity index (χ0n) is 16.5. The summed E-state index contributed by atoms with van der Waals surface area (Å²) in [5.74, 6) is 1.03. The predicted molar refractivity (Wildman–Crippen MR) is 116 cm³/mol. The SMILES string of the molecule is CCN(CC)C(=O)c1ccc(NC(=O)CN2CCCSc3ccccc32)cc1. The van der Waals surface area contributed by atoms with Crippen LogP contribution in [-0.4, -0.2) is 48.6 Å². The molecule has 2 aromatic rings. The molecule has 0 unspecified atom stereocenters. The highest BCUT2D eigenvalue weighted by molar-refractivity contribution is 7.99. The van der Waals surface area contributed by atoms with Gasteiger partial charge in [0.15, 0.2) is 0 Å². The third-order valence-corrected chi connectivity index (χ3v) is 5.99. The summed E-state index contributed by atoms with van der Waals surface area (Å²) in [6.07, 6.45) is 1.05. The minimum Gasteiger partial charge on any atom is -0.361 e. The van der Waals surface area contributed by atoms with Crippen LogP contribution in [0.25, 0.3) is 0 Å². The maximum atomic E-state index is 12.6. The van der Waals surface area contributed by atoms with Gasteiger partial charge in [0.25, 0.3) is 5.91 Å². The van der Waals surface area contributed by atoms with Crippen molar-refractivity contribution in [3.63, 3.8) is 0 Å². The quantitative estimate of drug-likeness (QED) is 0.797. The zero-order valence-corrected chi connectivity index (χ0v) is 17.3. The number of nitrogens with one attached hydrogen (secondary N) is 1. The normalized spacial score (nSPS) is 13.4. The fraction of sp³-hybridized carbons (Fsp3) is 0.364. The molecule has 0 aromatic heterocycles. The smallest absolute Gasteiger partial charge is 0.253 e. The Balaban J connectivity index is 1.63. The molecule has 1 aliphatic heterocycles. The molecule has 5 nitrogen and oxygen atoms in total. The Labute approximate surface area is 171 Å². The van der Waals surface area contributed by atoms with Gasteiger partial charge in [-0.15, -0.1) is 11.8 Å². The molecule has 1 aliphatic rings. The maximum Gasteiger partial charge on any atom is 0.253 e. The summed E-state index contributed by atoms with van der Waals surface area (Å²) in [5, 5.41) is 2.95. The van der Waals surface area contributed by atoms with E-state index < -0.39 is 0 Å². The highest BCUT2D eigenvalue weighted by Crippen LogP contribution is 2.33. The molecule has 0 saturated heterocycles. The first-order valence-electron chi connectivity index (χ1n) is 9.78. The van der Waals surface area contributed by atoms with Crippen molar-refractivity contribution in [3.8, 4) is 0 Å². The van der Waals surface area contributed by atoms with Crippen molar-refractivity contribution in [3.05, 3.63) is 54.1 Å². The predicted octanol–water partition coefficient (Wildman–Crippen LogP) is 4.11. The molecule has 148 valence electrons. The highest BCUT2D eigenvalue weighted by Gasteiger charge is 2.18. The summed E-state index contributed by atoms with van der Waals surface area (Å²) < 4.78 is 0. The summed E-state index contributed by atoms with van der Waals surface area (Å²) in [5.41, 5.74) is 2.47. The molecule has 0 saturated carbocycles. The standard InChI is InChI=1S/C22H27N3O2S/c1-3-24(4-2)22(27)17-10-12-18(13-11-17)23-21(26)16-25-14-7-15-28-20-9-6-5-8-19(20)25/h5-6,8-13H,3-4,7,14-16H2,1-2H3,(H,23,26). The zero-order chi connectivity index (χ0) is 19.9.